The van der Waals surface area contributed by atoms with Crippen molar-refractivity contribution >= 4 is 19.6 Å². The van der Waals surface area contributed by atoms with Gasteiger partial charge >= 0.3 is 17.8 Å². The van der Waals surface area contributed by atoms with Gasteiger partial charge in [-0.25, -0.2) is 4.79 Å². The second-order valence-corrected chi connectivity index (χ2v) is 6.07. The number of hydrogen-bond acceptors (Lipinski definition) is 9. The SMILES string of the molecule is [B][C@@]1(n2ccc(NO)nc2=O)O[C@H](COC(=O)CCCC(F)(F)F)[C@@H](O)[C@H]1O. The molecule has 4 N–H and O–H groups in total. The van der Waals surface area contributed by atoms with Gasteiger partial charge in [0.25, 0.3) is 0 Å². The van der Waals surface area contributed by atoms with Crippen LogP contribution < -0.4 is 11.2 Å². The lowest BCUT2D eigenvalue weighted by atomic mass is 9.84. The summed E-state index contributed by atoms with van der Waals surface area (Å²) in [5.74, 6) is -1.16. The standard InChI is InChI=1S/C14H17BF3N3O7/c15-14(21-5-3-8(20-26)19-12(21)25)11(24)10(23)7(28-14)6-27-9(22)2-1-4-13(16,17)18/h3,5,7,10-11,23-24,26H,1-2,4,6H2,(H,19,20,25)/t7-,10-,11-,14+/m1/s1. The van der Waals surface area contributed by atoms with Crippen molar-refractivity contribution in [1.82, 2.24) is 9.55 Å². The Morgan fingerprint density at radius 3 is 2.71 bits per heavy atom. The van der Waals surface area contributed by atoms with E-state index >= 15 is 0 Å². The van der Waals surface area contributed by atoms with Crippen LogP contribution in [0.5, 0.6) is 0 Å². The fraction of sp³-hybridized carbons (Fsp3) is 0.643. The van der Waals surface area contributed by atoms with Crippen LogP contribution in [0.15, 0.2) is 17.1 Å². The van der Waals surface area contributed by atoms with Gasteiger partial charge in [-0.05, 0) is 12.5 Å². The molecule has 0 amide bonds. The number of alkyl halides is 3. The van der Waals surface area contributed by atoms with E-state index in [4.69, 9.17) is 22.5 Å². The van der Waals surface area contributed by atoms with Crippen LogP contribution in [0, 0.1) is 0 Å². The van der Waals surface area contributed by atoms with Gasteiger partial charge in [0.05, 0.1) is 0 Å². The highest BCUT2D eigenvalue weighted by atomic mass is 19.4. The Labute approximate surface area is 157 Å². The van der Waals surface area contributed by atoms with E-state index in [9.17, 15) is 33.0 Å². The van der Waals surface area contributed by atoms with Crippen LogP contribution in [-0.2, 0) is 19.9 Å². The van der Waals surface area contributed by atoms with E-state index in [2.05, 4.69) is 4.98 Å². The van der Waals surface area contributed by atoms with Gasteiger partial charge in [-0.1, -0.05) is 0 Å². The number of aromatic nitrogens is 2. The van der Waals surface area contributed by atoms with Gasteiger partial charge in [0, 0.05) is 19.0 Å². The van der Waals surface area contributed by atoms with Gasteiger partial charge in [0.1, 0.15) is 38.4 Å². The third kappa shape index (κ3) is 5.01. The van der Waals surface area contributed by atoms with Crippen LogP contribution in [0.2, 0.25) is 0 Å². The Balaban J connectivity index is 2.00. The largest absolute Gasteiger partial charge is 0.463 e. The van der Waals surface area contributed by atoms with Gasteiger partial charge in [0.2, 0.25) is 0 Å². The lowest BCUT2D eigenvalue weighted by Gasteiger charge is -2.30. The molecule has 0 aliphatic carbocycles. The number of hydrogen-bond donors (Lipinski definition) is 4. The number of rotatable bonds is 7. The fourth-order valence-corrected chi connectivity index (χ4v) is 2.57. The number of aliphatic hydroxyl groups excluding tert-OH is 2. The highest BCUT2D eigenvalue weighted by molar-refractivity contribution is 6.13. The molecule has 2 heterocycles. The van der Waals surface area contributed by atoms with Crippen molar-refractivity contribution in [2.24, 2.45) is 0 Å². The molecular formula is C14H17BF3N3O7. The molecule has 28 heavy (non-hydrogen) atoms. The summed E-state index contributed by atoms with van der Waals surface area (Å²) in [7, 11) is 5.87. The number of halogens is 3. The number of carbonyl (C=O) groups excluding carboxylic acids is 1. The van der Waals surface area contributed by atoms with E-state index in [-0.39, 0.29) is 5.82 Å². The van der Waals surface area contributed by atoms with E-state index in [0.29, 0.717) is 4.57 Å². The summed E-state index contributed by atoms with van der Waals surface area (Å²) in [6, 6.07) is 1.13. The number of anilines is 1. The van der Waals surface area contributed by atoms with Crippen molar-refractivity contribution in [2.75, 3.05) is 12.1 Å². The van der Waals surface area contributed by atoms with E-state index < -0.39 is 67.6 Å². The topological polar surface area (TPSA) is 143 Å². The molecule has 1 fully saturated rings. The molecule has 1 aliphatic heterocycles. The van der Waals surface area contributed by atoms with E-state index in [0.717, 1.165) is 12.3 Å². The maximum Gasteiger partial charge on any atom is 0.389 e. The molecule has 0 aromatic carbocycles. The zero-order chi connectivity index (χ0) is 21.1. The Hall–Kier alpha value is -2.16. The molecule has 0 unspecified atom stereocenters. The minimum atomic E-state index is -4.39. The number of aliphatic hydroxyl groups is 2. The number of nitrogens with one attached hydrogen (secondary N) is 1. The van der Waals surface area contributed by atoms with Crippen molar-refractivity contribution in [3.05, 3.63) is 22.7 Å². The van der Waals surface area contributed by atoms with E-state index in [1.165, 1.54) is 0 Å². The second kappa shape index (κ2) is 8.47. The highest BCUT2D eigenvalue weighted by Gasteiger charge is 2.52. The van der Waals surface area contributed by atoms with Crippen LogP contribution in [-0.4, -0.2) is 69.9 Å². The second-order valence-electron chi connectivity index (χ2n) is 6.07. The maximum atomic E-state index is 12.1. The first-order valence-corrected chi connectivity index (χ1v) is 8.03. The Morgan fingerprint density at radius 1 is 1.46 bits per heavy atom. The zero-order valence-electron chi connectivity index (χ0n) is 14.3. The molecule has 1 aliphatic rings. The summed E-state index contributed by atoms with van der Waals surface area (Å²) < 4.78 is 46.9. The summed E-state index contributed by atoms with van der Waals surface area (Å²) in [6.45, 7) is -0.611. The fourth-order valence-electron chi connectivity index (χ4n) is 2.57. The molecule has 2 rings (SSSR count). The van der Waals surface area contributed by atoms with Crippen molar-refractivity contribution < 1.29 is 42.9 Å². The predicted octanol–water partition coefficient (Wildman–Crippen LogP) is -0.780. The normalized spacial score (nSPS) is 27.6. The van der Waals surface area contributed by atoms with Crippen molar-refractivity contribution in [1.29, 1.82) is 0 Å². The summed E-state index contributed by atoms with van der Waals surface area (Å²) in [4.78, 5) is 26.9. The molecule has 10 nitrogen and oxygen atoms in total. The number of esters is 1. The molecule has 1 aromatic heterocycles. The lowest BCUT2D eigenvalue weighted by Crippen LogP contribution is -2.51. The molecule has 1 saturated heterocycles. The molecule has 0 saturated carbocycles. The first kappa shape index (κ1) is 22.1. The first-order chi connectivity index (χ1) is 13.0. The first-order valence-electron chi connectivity index (χ1n) is 8.03. The summed E-state index contributed by atoms with van der Waals surface area (Å²) in [6.07, 6.45) is -10.3. The van der Waals surface area contributed by atoms with Crippen molar-refractivity contribution in [2.45, 2.75) is 49.4 Å². The third-order valence-electron chi connectivity index (χ3n) is 4.01. The molecule has 4 atom stereocenters. The molecule has 0 bridgehead atoms. The Bertz CT molecular complexity index is 762. The minimum absolute atomic E-state index is 0.206. The van der Waals surface area contributed by atoms with Crippen molar-refractivity contribution in [3.8, 4) is 0 Å². The van der Waals surface area contributed by atoms with Gasteiger partial charge < -0.3 is 19.7 Å². The third-order valence-corrected chi connectivity index (χ3v) is 4.01. The Morgan fingerprint density at radius 2 is 2.14 bits per heavy atom. The van der Waals surface area contributed by atoms with E-state index in [1.54, 1.807) is 5.48 Å². The van der Waals surface area contributed by atoms with Gasteiger partial charge in [-0.3, -0.25) is 20.0 Å². The highest BCUT2D eigenvalue weighted by Crippen LogP contribution is 2.32. The van der Waals surface area contributed by atoms with Gasteiger partial charge in [0.15, 0.2) is 5.82 Å². The zero-order valence-corrected chi connectivity index (χ0v) is 14.3. The van der Waals surface area contributed by atoms with Crippen LogP contribution in [0.1, 0.15) is 19.3 Å². The molecular weight excluding hydrogens is 390 g/mol. The summed E-state index contributed by atoms with van der Waals surface area (Å²) in [5.41, 5.74) is -1.65. The number of ether oxygens (including phenoxy) is 2. The average Bonchev–Trinajstić information content (AvgIpc) is 2.83. The van der Waals surface area contributed by atoms with E-state index in [1.807, 2.05) is 0 Å². The van der Waals surface area contributed by atoms with Crippen LogP contribution in [0.4, 0.5) is 19.0 Å². The maximum absolute atomic E-state index is 12.1. The minimum Gasteiger partial charge on any atom is -0.463 e. The Kier molecular flexibility index (Phi) is 6.69. The molecule has 154 valence electrons. The summed E-state index contributed by atoms with van der Waals surface area (Å²) in [5, 5.41) is 29.0. The monoisotopic (exact) mass is 407 g/mol. The van der Waals surface area contributed by atoms with Gasteiger partial charge in [-0.2, -0.15) is 18.2 Å². The average molecular weight is 407 g/mol. The number of nitrogens with zero attached hydrogens (tertiary/aromatic N) is 2. The summed E-state index contributed by atoms with van der Waals surface area (Å²) >= 11 is 0. The lowest BCUT2D eigenvalue weighted by molar-refractivity contribution is -0.154. The van der Waals surface area contributed by atoms with Crippen LogP contribution in [0.25, 0.3) is 0 Å². The predicted molar refractivity (Wildman–Crippen MR) is 85.4 cm³/mol. The number of carbonyl (C=O) groups is 1. The van der Waals surface area contributed by atoms with Crippen molar-refractivity contribution in [3.63, 3.8) is 0 Å². The molecule has 0 spiro atoms. The quantitative estimate of drug-likeness (QED) is 0.260. The molecule has 2 radical (unpaired) electrons. The smallest absolute Gasteiger partial charge is 0.389 e. The van der Waals surface area contributed by atoms with Crippen LogP contribution in [0.3, 0.4) is 0 Å². The van der Waals surface area contributed by atoms with Gasteiger partial charge in [-0.15, -0.1) is 0 Å². The molecule has 1 aromatic rings. The molecule has 14 heteroatoms. The van der Waals surface area contributed by atoms with Crippen LogP contribution >= 0.6 is 0 Å².